The zero-order chi connectivity index (χ0) is 17.8. The van der Waals surface area contributed by atoms with E-state index >= 15 is 0 Å². The molecule has 3 aromatic rings. The summed E-state index contributed by atoms with van der Waals surface area (Å²) in [5.41, 5.74) is 1.63. The van der Waals surface area contributed by atoms with E-state index in [0.717, 1.165) is 16.9 Å². The molecule has 0 unspecified atom stereocenters. The van der Waals surface area contributed by atoms with Crippen LogP contribution in [-0.4, -0.2) is 11.1 Å². The van der Waals surface area contributed by atoms with Gasteiger partial charge in [0.2, 0.25) is 0 Å². The quantitative estimate of drug-likeness (QED) is 0.700. The molecule has 0 fully saturated rings. The molecule has 0 saturated carbocycles. The minimum absolute atomic E-state index is 0.0174. The minimum Gasteiger partial charge on any atom is -0.455 e. The first-order chi connectivity index (χ1) is 12.0. The Bertz CT molecular complexity index is 835. The number of hydrogen-bond acceptors (Lipinski definition) is 2. The van der Waals surface area contributed by atoms with Gasteiger partial charge in [-0.25, -0.2) is 4.39 Å². The molecule has 0 aliphatic heterocycles. The van der Waals surface area contributed by atoms with Crippen LogP contribution in [0.25, 0.3) is 11.3 Å². The monoisotopic (exact) mass is 360 g/mol. The first-order valence-electron chi connectivity index (χ1n) is 8.15. The van der Waals surface area contributed by atoms with Gasteiger partial charge in [0.15, 0.2) is 5.76 Å². The molecule has 0 bridgehead atoms. The number of quaternary nitrogens is 1. The largest absolute Gasteiger partial charge is 0.455 e. The summed E-state index contributed by atoms with van der Waals surface area (Å²) in [6.07, 6.45) is -0.550. The molecule has 0 aliphatic rings. The molecule has 0 aliphatic carbocycles. The van der Waals surface area contributed by atoms with E-state index in [9.17, 15) is 9.50 Å². The van der Waals surface area contributed by atoms with Gasteiger partial charge in [-0.15, -0.1) is 0 Å². The van der Waals surface area contributed by atoms with Crippen LogP contribution in [0, 0.1) is 5.82 Å². The number of halogens is 2. The Morgan fingerprint density at radius 3 is 2.60 bits per heavy atom. The lowest BCUT2D eigenvalue weighted by Gasteiger charge is -2.17. The fraction of sp³-hybridized carbons (Fsp3) is 0.200. The predicted molar refractivity (Wildman–Crippen MR) is 95.6 cm³/mol. The first kappa shape index (κ1) is 17.7. The molecule has 0 radical (unpaired) electrons. The van der Waals surface area contributed by atoms with Crippen LogP contribution in [0.1, 0.15) is 24.4 Å². The highest BCUT2D eigenvalue weighted by atomic mass is 35.5. The van der Waals surface area contributed by atoms with Crippen LogP contribution in [0.4, 0.5) is 4.39 Å². The Balaban J connectivity index is 1.62. The van der Waals surface area contributed by atoms with E-state index in [-0.39, 0.29) is 11.1 Å². The number of hydrogen-bond donors (Lipinski definition) is 2. The van der Waals surface area contributed by atoms with Crippen molar-refractivity contribution in [2.45, 2.75) is 25.6 Å². The Labute approximate surface area is 151 Å². The molecule has 1 aromatic heterocycles. The third-order valence-electron chi connectivity index (χ3n) is 4.20. The summed E-state index contributed by atoms with van der Waals surface area (Å²) in [6, 6.07) is 17.8. The zero-order valence-electron chi connectivity index (χ0n) is 13.8. The second-order valence-electron chi connectivity index (χ2n) is 6.05. The van der Waals surface area contributed by atoms with E-state index in [4.69, 9.17) is 16.0 Å². The maximum atomic E-state index is 13.3. The molecule has 0 spiro atoms. The Morgan fingerprint density at radius 2 is 1.88 bits per heavy atom. The Hall–Kier alpha value is -2.14. The number of aliphatic hydroxyl groups is 1. The fourth-order valence-corrected chi connectivity index (χ4v) is 2.86. The number of aliphatic hydroxyl groups excluding tert-OH is 1. The van der Waals surface area contributed by atoms with Crippen LogP contribution < -0.4 is 5.32 Å². The average Bonchev–Trinajstić information content (AvgIpc) is 3.11. The van der Waals surface area contributed by atoms with Crippen molar-refractivity contribution in [2.24, 2.45) is 0 Å². The molecule has 3 N–H and O–H groups in total. The fourth-order valence-electron chi connectivity index (χ4n) is 2.68. The Morgan fingerprint density at radius 1 is 1.12 bits per heavy atom. The van der Waals surface area contributed by atoms with Crippen molar-refractivity contribution >= 4 is 11.6 Å². The summed E-state index contributed by atoms with van der Waals surface area (Å²) in [7, 11) is 0. The highest BCUT2D eigenvalue weighted by Gasteiger charge is 2.19. The molecule has 3 nitrogen and oxygen atoms in total. The summed E-state index contributed by atoms with van der Waals surface area (Å²) in [4.78, 5) is 0. The lowest BCUT2D eigenvalue weighted by Crippen LogP contribution is -2.88. The van der Waals surface area contributed by atoms with Crippen molar-refractivity contribution in [1.29, 1.82) is 0 Å². The Kier molecular flexibility index (Phi) is 5.53. The van der Waals surface area contributed by atoms with Crippen molar-refractivity contribution in [3.8, 4) is 11.3 Å². The van der Waals surface area contributed by atoms with Gasteiger partial charge in [0.1, 0.15) is 30.3 Å². The molecule has 0 saturated heterocycles. The maximum Gasteiger partial charge on any atom is 0.158 e. The van der Waals surface area contributed by atoms with Gasteiger partial charge in [0.05, 0.1) is 5.02 Å². The molecular formula is C20H20ClFNO2+. The predicted octanol–water partition coefficient (Wildman–Crippen LogP) is 3.92. The summed E-state index contributed by atoms with van der Waals surface area (Å²) in [5, 5.41) is 12.5. The highest BCUT2D eigenvalue weighted by molar-refractivity contribution is 6.31. The summed E-state index contributed by atoms with van der Waals surface area (Å²) in [5.74, 6) is 0.971. The topological polar surface area (TPSA) is 50.0 Å². The van der Waals surface area contributed by atoms with Gasteiger partial charge >= 0.3 is 0 Å². The van der Waals surface area contributed by atoms with Crippen LogP contribution in [-0.2, 0) is 6.54 Å². The molecule has 1 heterocycles. The lowest BCUT2D eigenvalue weighted by molar-refractivity contribution is -0.710. The summed E-state index contributed by atoms with van der Waals surface area (Å²) >= 11 is 5.82. The van der Waals surface area contributed by atoms with Gasteiger partial charge in [-0.2, -0.15) is 0 Å². The van der Waals surface area contributed by atoms with Crippen LogP contribution in [0.2, 0.25) is 5.02 Å². The molecular weight excluding hydrogens is 341 g/mol. The van der Waals surface area contributed by atoms with E-state index in [1.807, 2.05) is 54.7 Å². The van der Waals surface area contributed by atoms with Crippen molar-refractivity contribution in [1.82, 2.24) is 0 Å². The maximum absolute atomic E-state index is 13.3. The SMILES string of the molecule is C[C@H]([NH2+]Cc1ccc(-c2ccc(F)c(Cl)c2)o1)[C@@H](O)c1ccccc1. The molecule has 2 atom stereocenters. The van der Waals surface area contributed by atoms with E-state index < -0.39 is 11.9 Å². The zero-order valence-corrected chi connectivity index (χ0v) is 14.6. The summed E-state index contributed by atoms with van der Waals surface area (Å²) < 4.78 is 19.1. The molecule has 0 amide bonds. The van der Waals surface area contributed by atoms with Gasteiger partial charge in [0, 0.05) is 5.56 Å². The van der Waals surface area contributed by atoms with Gasteiger partial charge < -0.3 is 14.8 Å². The van der Waals surface area contributed by atoms with E-state index in [1.54, 1.807) is 12.1 Å². The van der Waals surface area contributed by atoms with E-state index in [0.29, 0.717) is 12.3 Å². The molecule has 3 rings (SSSR count). The van der Waals surface area contributed by atoms with Gasteiger partial charge in [0.25, 0.3) is 0 Å². The van der Waals surface area contributed by atoms with Crippen molar-refractivity contribution < 1.29 is 19.2 Å². The number of rotatable bonds is 6. The minimum atomic E-state index is -0.550. The summed E-state index contributed by atoms with van der Waals surface area (Å²) in [6.45, 7) is 2.57. The average molecular weight is 361 g/mol. The second-order valence-corrected chi connectivity index (χ2v) is 6.46. The number of furan rings is 1. The standard InChI is InChI=1S/C20H19ClFNO2/c1-13(20(24)14-5-3-2-4-6-14)23-12-16-8-10-19(25-16)15-7-9-18(22)17(21)11-15/h2-11,13,20,23-24H,12H2,1H3/p+1/t13-,20+/m0/s1. The van der Waals surface area contributed by atoms with Crippen LogP contribution in [0.3, 0.4) is 0 Å². The van der Waals surface area contributed by atoms with Crippen LogP contribution in [0.5, 0.6) is 0 Å². The smallest absolute Gasteiger partial charge is 0.158 e. The second kappa shape index (κ2) is 7.83. The molecule has 2 aromatic carbocycles. The number of benzene rings is 2. The molecule has 130 valence electrons. The third-order valence-corrected chi connectivity index (χ3v) is 4.49. The number of nitrogens with two attached hydrogens (primary N) is 1. The first-order valence-corrected chi connectivity index (χ1v) is 8.53. The highest BCUT2D eigenvalue weighted by Crippen LogP contribution is 2.26. The van der Waals surface area contributed by atoms with Crippen LogP contribution >= 0.6 is 11.6 Å². The lowest BCUT2D eigenvalue weighted by atomic mass is 10.0. The van der Waals surface area contributed by atoms with E-state index in [2.05, 4.69) is 0 Å². The van der Waals surface area contributed by atoms with E-state index in [1.165, 1.54) is 6.07 Å². The molecule has 5 heteroatoms. The van der Waals surface area contributed by atoms with Crippen molar-refractivity contribution in [2.75, 3.05) is 0 Å². The van der Waals surface area contributed by atoms with Gasteiger partial charge in [-0.1, -0.05) is 41.9 Å². The van der Waals surface area contributed by atoms with Crippen LogP contribution in [0.15, 0.2) is 65.1 Å². The van der Waals surface area contributed by atoms with Gasteiger partial charge in [-0.3, -0.25) is 0 Å². The third kappa shape index (κ3) is 4.28. The van der Waals surface area contributed by atoms with Crippen molar-refractivity contribution in [3.05, 3.63) is 82.8 Å². The molecule has 25 heavy (non-hydrogen) atoms. The van der Waals surface area contributed by atoms with Gasteiger partial charge in [-0.05, 0) is 42.8 Å². The normalized spacial score (nSPS) is 13.6. The van der Waals surface area contributed by atoms with Crippen molar-refractivity contribution in [3.63, 3.8) is 0 Å².